The summed E-state index contributed by atoms with van der Waals surface area (Å²) in [7, 11) is 1.46. The van der Waals surface area contributed by atoms with Crippen LogP contribution in [0.1, 0.15) is 23.5 Å². The molecule has 0 N–H and O–H groups in total. The summed E-state index contributed by atoms with van der Waals surface area (Å²) in [4.78, 5) is 25.7. The van der Waals surface area contributed by atoms with Gasteiger partial charge in [-0.1, -0.05) is 36.4 Å². The Labute approximate surface area is 188 Å². The third-order valence-electron chi connectivity index (χ3n) is 5.99. The Hall–Kier alpha value is -4.26. The first-order valence-corrected chi connectivity index (χ1v) is 10.5. The van der Waals surface area contributed by atoms with Gasteiger partial charge < -0.3 is 23.4 Å². The van der Waals surface area contributed by atoms with Crippen molar-refractivity contribution in [3.8, 4) is 34.3 Å². The molecule has 1 atom stereocenters. The summed E-state index contributed by atoms with van der Waals surface area (Å²) in [5, 5.41) is 0.305. The average molecular weight is 442 g/mol. The van der Waals surface area contributed by atoms with Gasteiger partial charge in [-0.15, -0.1) is 0 Å². The van der Waals surface area contributed by atoms with Crippen LogP contribution in [0.15, 0.2) is 69.9 Å². The van der Waals surface area contributed by atoms with Crippen molar-refractivity contribution in [2.75, 3.05) is 13.9 Å². The Bertz CT molecular complexity index is 1470. The van der Waals surface area contributed by atoms with Gasteiger partial charge in [0.1, 0.15) is 28.2 Å². The van der Waals surface area contributed by atoms with Gasteiger partial charge in [0.15, 0.2) is 16.9 Å². The SMILES string of the molecule is COc1cc2c(c3oc(-c4ccccc4)cc(=O)c13)[C@@H](c1ccc3c(c1)OCO3)CC(=O)O2. The summed E-state index contributed by atoms with van der Waals surface area (Å²) >= 11 is 0. The topological polar surface area (TPSA) is 84.2 Å². The smallest absolute Gasteiger partial charge is 0.312 e. The molecule has 0 unspecified atom stereocenters. The fraction of sp³-hybridized carbons (Fsp3) is 0.154. The number of hydrogen-bond donors (Lipinski definition) is 0. The molecule has 0 fully saturated rings. The standard InChI is InChI=1S/C26H18O7/c1-29-21-12-22-24(26-25(21)17(27)11-19(33-26)14-5-3-2-4-6-14)16(10-23(28)32-22)15-7-8-18-20(9-15)31-13-30-18/h2-9,11-12,16H,10,13H2,1H3/t16-/m1/s1. The Morgan fingerprint density at radius 2 is 1.73 bits per heavy atom. The Morgan fingerprint density at radius 1 is 0.909 bits per heavy atom. The van der Waals surface area contributed by atoms with E-state index in [1.54, 1.807) is 6.07 Å². The molecule has 0 amide bonds. The van der Waals surface area contributed by atoms with Gasteiger partial charge in [-0.25, -0.2) is 0 Å². The number of rotatable bonds is 3. The summed E-state index contributed by atoms with van der Waals surface area (Å²) < 4.78 is 28.3. The summed E-state index contributed by atoms with van der Waals surface area (Å²) in [6.45, 7) is 0.150. The molecule has 3 aromatic carbocycles. The minimum absolute atomic E-state index is 0.0906. The molecule has 1 aromatic heterocycles. The van der Waals surface area contributed by atoms with Crippen molar-refractivity contribution in [3.05, 3.63) is 82.0 Å². The molecule has 2 aliphatic rings. The van der Waals surface area contributed by atoms with Crippen LogP contribution in [-0.4, -0.2) is 19.9 Å². The van der Waals surface area contributed by atoms with Crippen LogP contribution >= 0.6 is 0 Å². The molecular weight excluding hydrogens is 424 g/mol. The van der Waals surface area contributed by atoms with Crippen LogP contribution in [-0.2, 0) is 4.79 Å². The van der Waals surface area contributed by atoms with E-state index in [9.17, 15) is 9.59 Å². The third-order valence-corrected chi connectivity index (χ3v) is 5.99. The fourth-order valence-corrected chi connectivity index (χ4v) is 4.46. The van der Waals surface area contributed by atoms with Crippen molar-refractivity contribution in [1.29, 1.82) is 0 Å². The highest BCUT2D eigenvalue weighted by Gasteiger charge is 2.34. The molecule has 0 saturated carbocycles. The zero-order chi connectivity index (χ0) is 22.5. The van der Waals surface area contributed by atoms with Crippen molar-refractivity contribution in [1.82, 2.24) is 0 Å². The molecule has 0 saturated heterocycles. The zero-order valence-electron chi connectivity index (χ0n) is 17.6. The van der Waals surface area contributed by atoms with Crippen LogP contribution < -0.4 is 24.4 Å². The lowest BCUT2D eigenvalue weighted by Crippen LogP contribution is -2.22. The molecule has 0 radical (unpaired) electrons. The highest BCUT2D eigenvalue weighted by atomic mass is 16.7. The molecule has 0 spiro atoms. The van der Waals surface area contributed by atoms with E-state index in [0.29, 0.717) is 39.5 Å². The van der Waals surface area contributed by atoms with Gasteiger partial charge >= 0.3 is 5.97 Å². The maximum atomic E-state index is 13.2. The molecule has 4 aromatic rings. The van der Waals surface area contributed by atoms with Crippen LogP contribution in [0.5, 0.6) is 23.0 Å². The summed E-state index contributed by atoms with van der Waals surface area (Å²) in [6, 6.07) is 18.0. The van der Waals surface area contributed by atoms with Crippen LogP contribution in [0.25, 0.3) is 22.3 Å². The van der Waals surface area contributed by atoms with Crippen LogP contribution in [0.3, 0.4) is 0 Å². The molecule has 164 valence electrons. The number of methoxy groups -OCH3 is 1. The van der Waals surface area contributed by atoms with E-state index < -0.39 is 5.92 Å². The number of fused-ring (bicyclic) bond motifs is 4. The Kier molecular flexibility index (Phi) is 4.36. The van der Waals surface area contributed by atoms with E-state index in [4.69, 9.17) is 23.4 Å². The quantitative estimate of drug-likeness (QED) is 0.338. The maximum Gasteiger partial charge on any atom is 0.312 e. The first kappa shape index (κ1) is 19.4. The molecular formula is C26H18O7. The molecule has 33 heavy (non-hydrogen) atoms. The van der Waals surface area contributed by atoms with E-state index in [2.05, 4.69) is 0 Å². The third kappa shape index (κ3) is 3.12. The first-order valence-electron chi connectivity index (χ1n) is 10.5. The maximum absolute atomic E-state index is 13.2. The second-order valence-corrected chi connectivity index (χ2v) is 7.88. The number of esters is 1. The van der Waals surface area contributed by atoms with Gasteiger partial charge in [-0.2, -0.15) is 0 Å². The number of carbonyl (C=O) groups excluding carboxylic acids is 1. The van der Waals surface area contributed by atoms with E-state index in [1.807, 2.05) is 48.5 Å². The van der Waals surface area contributed by atoms with Crippen LogP contribution in [0, 0.1) is 0 Å². The van der Waals surface area contributed by atoms with E-state index in [1.165, 1.54) is 13.2 Å². The highest BCUT2D eigenvalue weighted by Crippen LogP contribution is 2.47. The van der Waals surface area contributed by atoms with Gasteiger partial charge in [0, 0.05) is 29.2 Å². The molecule has 7 heteroatoms. The van der Waals surface area contributed by atoms with Crippen LogP contribution in [0.2, 0.25) is 0 Å². The van der Waals surface area contributed by atoms with Gasteiger partial charge in [0.25, 0.3) is 0 Å². The van der Waals surface area contributed by atoms with E-state index in [-0.39, 0.29) is 30.4 Å². The summed E-state index contributed by atoms with van der Waals surface area (Å²) in [6.07, 6.45) is 0.0906. The van der Waals surface area contributed by atoms with E-state index in [0.717, 1.165) is 11.1 Å². The highest BCUT2D eigenvalue weighted by molar-refractivity contribution is 5.93. The van der Waals surface area contributed by atoms with Gasteiger partial charge in [0.2, 0.25) is 6.79 Å². The second-order valence-electron chi connectivity index (χ2n) is 7.88. The second kappa shape index (κ2) is 7.41. The molecule has 0 aliphatic carbocycles. The summed E-state index contributed by atoms with van der Waals surface area (Å²) in [5.41, 5.74) is 2.32. The molecule has 3 heterocycles. The van der Waals surface area contributed by atoms with Gasteiger partial charge in [-0.3, -0.25) is 9.59 Å². The number of benzene rings is 3. The number of ether oxygens (including phenoxy) is 4. The van der Waals surface area contributed by atoms with Gasteiger partial charge in [0.05, 0.1) is 13.5 Å². The van der Waals surface area contributed by atoms with Gasteiger partial charge in [-0.05, 0) is 17.7 Å². The molecule has 7 nitrogen and oxygen atoms in total. The van der Waals surface area contributed by atoms with Crippen molar-refractivity contribution in [3.63, 3.8) is 0 Å². The number of carbonyl (C=O) groups is 1. The van der Waals surface area contributed by atoms with Crippen molar-refractivity contribution in [2.45, 2.75) is 12.3 Å². The molecule has 0 bridgehead atoms. The lowest BCUT2D eigenvalue weighted by molar-refractivity contribution is -0.135. The van der Waals surface area contributed by atoms with Crippen LogP contribution in [0.4, 0.5) is 0 Å². The minimum Gasteiger partial charge on any atom is -0.496 e. The predicted molar refractivity (Wildman–Crippen MR) is 119 cm³/mol. The lowest BCUT2D eigenvalue weighted by Gasteiger charge is -2.26. The Morgan fingerprint density at radius 3 is 2.55 bits per heavy atom. The molecule has 6 rings (SSSR count). The predicted octanol–water partition coefficient (Wildman–Crippen LogP) is 4.64. The Balaban J connectivity index is 1.64. The monoisotopic (exact) mass is 442 g/mol. The minimum atomic E-state index is -0.404. The van der Waals surface area contributed by atoms with Crippen molar-refractivity contribution in [2.24, 2.45) is 0 Å². The molecule has 2 aliphatic heterocycles. The fourth-order valence-electron chi connectivity index (χ4n) is 4.46. The first-order chi connectivity index (χ1) is 16.1. The number of hydrogen-bond acceptors (Lipinski definition) is 7. The van der Waals surface area contributed by atoms with Crippen molar-refractivity contribution < 1.29 is 28.2 Å². The van der Waals surface area contributed by atoms with Crippen molar-refractivity contribution >= 4 is 16.9 Å². The largest absolute Gasteiger partial charge is 0.496 e. The average Bonchev–Trinajstić information content (AvgIpc) is 3.31. The zero-order valence-corrected chi connectivity index (χ0v) is 17.6. The normalized spacial score (nSPS) is 16.4. The lowest BCUT2D eigenvalue weighted by atomic mass is 9.85. The summed E-state index contributed by atoms with van der Waals surface area (Å²) in [5.74, 6) is 1.49. The van der Waals surface area contributed by atoms with E-state index >= 15 is 0 Å².